The lowest BCUT2D eigenvalue weighted by atomic mass is 9.98. The molecule has 3 aromatic rings. The average molecular weight is 380 g/mol. The average Bonchev–Trinajstić information content (AvgIpc) is 2.71. The molecule has 2 N–H and O–H groups in total. The second kappa shape index (κ2) is 8.27. The molecule has 0 spiro atoms. The Morgan fingerprint density at radius 2 is 1.71 bits per heavy atom. The molecule has 1 atom stereocenters. The van der Waals surface area contributed by atoms with E-state index in [4.69, 9.17) is 19.6 Å². The third-order valence-corrected chi connectivity index (χ3v) is 4.41. The Hall–Kier alpha value is -3.12. The van der Waals surface area contributed by atoms with E-state index < -0.39 is 6.10 Å². The van der Waals surface area contributed by atoms with Gasteiger partial charge in [-0.05, 0) is 49.1 Å². The summed E-state index contributed by atoms with van der Waals surface area (Å²) in [6, 6.07) is 10.9. The number of nitrogens with zero attached hydrogens (tertiary/aromatic N) is 1. The fourth-order valence-electron chi connectivity index (χ4n) is 3.13. The van der Waals surface area contributed by atoms with Gasteiger partial charge >= 0.3 is 0 Å². The zero-order valence-electron chi connectivity index (χ0n) is 16.4. The molecule has 0 aliphatic rings. The highest BCUT2D eigenvalue weighted by molar-refractivity contribution is 6.01. The number of benzene rings is 2. The van der Waals surface area contributed by atoms with Crippen molar-refractivity contribution in [1.82, 2.24) is 4.98 Å². The fourth-order valence-corrected chi connectivity index (χ4v) is 3.13. The summed E-state index contributed by atoms with van der Waals surface area (Å²) in [6.45, 7) is 3.90. The monoisotopic (exact) mass is 380 g/mol. The number of hydrogen-bond donors (Lipinski definition) is 2. The summed E-state index contributed by atoms with van der Waals surface area (Å²) in [6.07, 6.45) is 1.88. The van der Waals surface area contributed by atoms with E-state index >= 15 is 0 Å². The quantitative estimate of drug-likeness (QED) is 0.602. The number of ether oxygens (including phenoxy) is 3. The molecule has 28 heavy (non-hydrogen) atoms. The molecule has 0 aliphatic carbocycles. The zero-order chi connectivity index (χ0) is 20.3. The minimum atomic E-state index is -0.962. The molecule has 0 radical (unpaired) electrons. The number of rotatable bonds is 7. The fraction of sp³-hybridized carbons (Fsp3) is 0.273. The molecular formula is C22H24N2O4. The molecule has 0 saturated carbocycles. The van der Waals surface area contributed by atoms with E-state index in [1.807, 2.05) is 38.1 Å². The largest absolute Gasteiger partial charge is 0.493 e. The highest BCUT2D eigenvalue weighted by atomic mass is 16.5. The number of nitrogens with one attached hydrogen (secondary N) is 1. The number of pyridine rings is 1. The Morgan fingerprint density at radius 1 is 1.04 bits per heavy atom. The van der Waals surface area contributed by atoms with Gasteiger partial charge in [-0.1, -0.05) is 12.1 Å². The maximum Gasteiger partial charge on any atom is 0.161 e. The Morgan fingerprint density at radius 3 is 2.32 bits per heavy atom. The van der Waals surface area contributed by atoms with Crippen molar-refractivity contribution in [3.63, 3.8) is 0 Å². The predicted octanol–water partition coefficient (Wildman–Crippen LogP) is 4.12. The molecule has 6 nitrogen and oxygen atoms in total. The van der Waals surface area contributed by atoms with Crippen molar-refractivity contribution in [3.8, 4) is 17.2 Å². The standard InChI is InChI=1S/C22H24N2O4/c1-13(2)28-16-7-5-6-14(8-16)22(25)21-18-10-20(27-4)19(26-3)9-17(18)15(11-23)12-24-21/h5-13,22-23,25H,1-4H3. The van der Waals surface area contributed by atoms with Crippen molar-refractivity contribution >= 4 is 17.0 Å². The van der Waals surface area contributed by atoms with Crippen LogP contribution in [-0.2, 0) is 0 Å². The molecule has 0 fully saturated rings. The molecular weight excluding hydrogens is 356 g/mol. The van der Waals surface area contributed by atoms with Gasteiger partial charge in [0.25, 0.3) is 0 Å². The summed E-state index contributed by atoms with van der Waals surface area (Å²) in [5.74, 6) is 1.77. The molecule has 146 valence electrons. The first-order chi connectivity index (χ1) is 13.5. The summed E-state index contributed by atoms with van der Waals surface area (Å²) < 4.78 is 16.5. The first kappa shape index (κ1) is 19.6. The molecule has 0 aliphatic heterocycles. The minimum Gasteiger partial charge on any atom is -0.493 e. The van der Waals surface area contributed by atoms with Crippen LogP contribution in [0, 0.1) is 5.41 Å². The molecule has 1 heterocycles. The van der Waals surface area contributed by atoms with Gasteiger partial charge in [-0.3, -0.25) is 4.98 Å². The van der Waals surface area contributed by atoms with Crippen LogP contribution in [-0.4, -0.2) is 36.6 Å². The normalized spacial score (nSPS) is 12.1. The van der Waals surface area contributed by atoms with E-state index in [0.29, 0.717) is 39.5 Å². The van der Waals surface area contributed by atoms with E-state index in [0.717, 1.165) is 5.39 Å². The Labute approximate surface area is 164 Å². The van der Waals surface area contributed by atoms with Crippen molar-refractivity contribution in [2.24, 2.45) is 0 Å². The number of aliphatic hydroxyl groups is 1. The van der Waals surface area contributed by atoms with Gasteiger partial charge < -0.3 is 24.7 Å². The lowest BCUT2D eigenvalue weighted by Gasteiger charge is -2.17. The summed E-state index contributed by atoms with van der Waals surface area (Å²) in [5, 5.41) is 20.2. The first-order valence-electron chi connectivity index (χ1n) is 8.98. The van der Waals surface area contributed by atoms with Crippen LogP contribution in [0.15, 0.2) is 42.6 Å². The smallest absolute Gasteiger partial charge is 0.161 e. The second-order valence-corrected chi connectivity index (χ2v) is 6.64. The summed E-state index contributed by atoms with van der Waals surface area (Å²) >= 11 is 0. The van der Waals surface area contributed by atoms with Crippen molar-refractivity contribution in [3.05, 3.63) is 59.4 Å². The highest BCUT2D eigenvalue weighted by Gasteiger charge is 2.19. The van der Waals surface area contributed by atoms with E-state index in [9.17, 15) is 5.11 Å². The number of fused-ring (bicyclic) bond motifs is 1. The van der Waals surface area contributed by atoms with Crippen LogP contribution in [0.5, 0.6) is 17.2 Å². The topological polar surface area (TPSA) is 84.7 Å². The number of aliphatic hydroxyl groups excluding tert-OH is 1. The maximum absolute atomic E-state index is 11.1. The third kappa shape index (κ3) is 3.77. The third-order valence-electron chi connectivity index (χ3n) is 4.41. The van der Waals surface area contributed by atoms with Gasteiger partial charge in [0.2, 0.25) is 0 Å². The van der Waals surface area contributed by atoms with Crippen LogP contribution < -0.4 is 14.2 Å². The van der Waals surface area contributed by atoms with Gasteiger partial charge in [0.05, 0.1) is 26.0 Å². The summed E-state index contributed by atoms with van der Waals surface area (Å²) in [7, 11) is 3.12. The maximum atomic E-state index is 11.1. The van der Waals surface area contributed by atoms with Gasteiger partial charge in [-0.25, -0.2) is 0 Å². The predicted molar refractivity (Wildman–Crippen MR) is 109 cm³/mol. The Bertz CT molecular complexity index is 1000. The first-order valence-corrected chi connectivity index (χ1v) is 8.98. The van der Waals surface area contributed by atoms with E-state index in [2.05, 4.69) is 4.98 Å². The minimum absolute atomic E-state index is 0.0370. The number of methoxy groups -OCH3 is 2. The van der Waals surface area contributed by atoms with Crippen LogP contribution in [0.2, 0.25) is 0 Å². The van der Waals surface area contributed by atoms with E-state index in [1.54, 1.807) is 32.5 Å². The van der Waals surface area contributed by atoms with Gasteiger partial charge in [0.1, 0.15) is 11.9 Å². The van der Waals surface area contributed by atoms with Gasteiger partial charge in [-0.15, -0.1) is 0 Å². The SMILES string of the molecule is COc1cc2c(C=N)cnc(C(O)c3cccc(OC(C)C)c3)c2cc1OC. The van der Waals surface area contributed by atoms with Gasteiger partial charge in [0.15, 0.2) is 11.5 Å². The molecule has 1 unspecified atom stereocenters. The highest BCUT2D eigenvalue weighted by Crippen LogP contribution is 2.37. The van der Waals surface area contributed by atoms with Crippen molar-refractivity contribution in [1.29, 1.82) is 5.41 Å². The zero-order valence-corrected chi connectivity index (χ0v) is 16.4. The Balaban J connectivity index is 2.16. The lowest BCUT2D eigenvalue weighted by Crippen LogP contribution is -2.08. The summed E-state index contributed by atoms with van der Waals surface area (Å²) in [4.78, 5) is 4.44. The van der Waals surface area contributed by atoms with Crippen molar-refractivity contribution < 1.29 is 19.3 Å². The van der Waals surface area contributed by atoms with Crippen LogP contribution in [0.25, 0.3) is 10.8 Å². The van der Waals surface area contributed by atoms with Crippen LogP contribution >= 0.6 is 0 Å². The number of aromatic nitrogens is 1. The second-order valence-electron chi connectivity index (χ2n) is 6.64. The molecule has 0 amide bonds. The molecule has 0 bridgehead atoms. The molecule has 2 aromatic carbocycles. The number of hydrogen-bond acceptors (Lipinski definition) is 6. The van der Waals surface area contributed by atoms with Crippen molar-refractivity contribution in [2.75, 3.05) is 14.2 Å². The lowest BCUT2D eigenvalue weighted by molar-refractivity contribution is 0.213. The molecule has 3 rings (SSSR count). The van der Waals surface area contributed by atoms with Crippen LogP contribution in [0.4, 0.5) is 0 Å². The summed E-state index contributed by atoms with van der Waals surface area (Å²) in [5.41, 5.74) is 1.77. The molecule has 0 saturated heterocycles. The van der Waals surface area contributed by atoms with Gasteiger partial charge in [0, 0.05) is 23.4 Å². The van der Waals surface area contributed by atoms with E-state index in [1.165, 1.54) is 6.21 Å². The molecule has 6 heteroatoms. The van der Waals surface area contributed by atoms with Crippen LogP contribution in [0.3, 0.4) is 0 Å². The van der Waals surface area contributed by atoms with Crippen LogP contribution in [0.1, 0.15) is 36.8 Å². The van der Waals surface area contributed by atoms with Crippen molar-refractivity contribution in [2.45, 2.75) is 26.1 Å². The Kier molecular flexibility index (Phi) is 5.80. The van der Waals surface area contributed by atoms with E-state index in [-0.39, 0.29) is 6.10 Å². The van der Waals surface area contributed by atoms with Gasteiger partial charge in [-0.2, -0.15) is 0 Å². The molecule has 1 aromatic heterocycles.